The highest BCUT2D eigenvalue weighted by molar-refractivity contribution is 5.66. The topological polar surface area (TPSA) is 38.0 Å². The van der Waals surface area contributed by atoms with Crippen molar-refractivity contribution in [2.24, 2.45) is 0 Å². The first-order valence-electron chi connectivity index (χ1n) is 8.55. The van der Waals surface area contributed by atoms with Crippen LogP contribution in [0.2, 0.25) is 0 Å². The Hall–Kier alpha value is -2.55. The largest absolute Gasteiger partial charge is 0.493 e. The van der Waals surface area contributed by atoms with E-state index >= 15 is 0 Å². The molecule has 0 saturated carbocycles. The molecule has 0 spiro atoms. The van der Waals surface area contributed by atoms with E-state index in [1.807, 2.05) is 36.4 Å². The third kappa shape index (κ3) is 3.07. The molecule has 1 N–H and O–H groups in total. The second-order valence-electron chi connectivity index (χ2n) is 6.30. The Labute approximate surface area is 143 Å². The highest BCUT2D eigenvalue weighted by Gasteiger charge is 2.19. The Morgan fingerprint density at radius 1 is 1.00 bits per heavy atom. The lowest BCUT2D eigenvalue weighted by Gasteiger charge is -2.06. The fourth-order valence-electron chi connectivity index (χ4n) is 2.89. The molecule has 3 heteroatoms. The fraction of sp³-hybridized carbons (Fsp3) is 0.286. The van der Waals surface area contributed by atoms with Crippen molar-refractivity contribution in [2.45, 2.75) is 40.0 Å². The zero-order valence-corrected chi connectivity index (χ0v) is 14.6. The van der Waals surface area contributed by atoms with Gasteiger partial charge in [0.05, 0.1) is 11.4 Å². The van der Waals surface area contributed by atoms with Gasteiger partial charge in [0.25, 0.3) is 0 Å². The van der Waals surface area contributed by atoms with E-state index in [0.29, 0.717) is 0 Å². The standard InChI is InChI=1S/C21H24N2O/c1-4-5-11-19-20(17-9-7-6-8-10-17)22-23(21(19)24)18-13-12-15(2)16(3)14-18/h6-10,12-14,24H,4-5,11H2,1-3H3. The molecule has 1 aromatic heterocycles. The van der Waals surface area contributed by atoms with Gasteiger partial charge in [-0.25, -0.2) is 4.68 Å². The normalized spacial score (nSPS) is 11.0. The van der Waals surface area contributed by atoms with Gasteiger partial charge in [-0.2, -0.15) is 5.10 Å². The van der Waals surface area contributed by atoms with Crippen molar-refractivity contribution in [3.63, 3.8) is 0 Å². The van der Waals surface area contributed by atoms with Crippen LogP contribution >= 0.6 is 0 Å². The van der Waals surface area contributed by atoms with Crippen LogP contribution in [0.3, 0.4) is 0 Å². The first-order chi connectivity index (χ1) is 11.6. The number of aromatic nitrogens is 2. The van der Waals surface area contributed by atoms with Crippen LogP contribution in [0, 0.1) is 13.8 Å². The lowest BCUT2D eigenvalue weighted by molar-refractivity contribution is 0.427. The summed E-state index contributed by atoms with van der Waals surface area (Å²) >= 11 is 0. The molecule has 0 atom stereocenters. The van der Waals surface area contributed by atoms with Gasteiger partial charge in [-0.3, -0.25) is 0 Å². The minimum Gasteiger partial charge on any atom is -0.493 e. The van der Waals surface area contributed by atoms with Gasteiger partial charge < -0.3 is 5.11 Å². The second kappa shape index (κ2) is 6.91. The van der Waals surface area contributed by atoms with E-state index in [1.54, 1.807) is 4.68 Å². The predicted octanol–water partition coefficient (Wildman–Crippen LogP) is 5.20. The summed E-state index contributed by atoms with van der Waals surface area (Å²) < 4.78 is 1.67. The maximum absolute atomic E-state index is 10.8. The van der Waals surface area contributed by atoms with E-state index in [0.717, 1.165) is 41.8 Å². The number of benzene rings is 2. The third-order valence-electron chi connectivity index (χ3n) is 4.52. The first-order valence-corrected chi connectivity index (χ1v) is 8.55. The zero-order valence-electron chi connectivity index (χ0n) is 14.6. The Balaban J connectivity index is 2.14. The van der Waals surface area contributed by atoms with Crippen molar-refractivity contribution in [2.75, 3.05) is 0 Å². The average Bonchev–Trinajstić information content (AvgIpc) is 2.93. The van der Waals surface area contributed by atoms with Crippen molar-refractivity contribution in [1.29, 1.82) is 0 Å². The van der Waals surface area contributed by atoms with Crippen molar-refractivity contribution in [3.05, 3.63) is 65.2 Å². The van der Waals surface area contributed by atoms with Crippen molar-refractivity contribution < 1.29 is 5.11 Å². The smallest absolute Gasteiger partial charge is 0.218 e. The molecule has 0 aliphatic rings. The van der Waals surface area contributed by atoms with Crippen molar-refractivity contribution in [3.8, 4) is 22.8 Å². The van der Waals surface area contributed by atoms with Gasteiger partial charge in [-0.15, -0.1) is 0 Å². The summed E-state index contributed by atoms with van der Waals surface area (Å²) in [5.74, 6) is 0.255. The molecule has 1 heterocycles. The second-order valence-corrected chi connectivity index (χ2v) is 6.30. The number of hydrogen-bond acceptors (Lipinski definition) is 2. The molecule has 0 fully saturated rings. The SMILES string of the molecule is CCCCc1c(-c2ccccc2)nn(-c2ccc(C)c(C)c2)c1O. The van der Waals surface area contributed by atoms with E-state index in [-0.39, 0.29) is 5.88 Å². The minimum absolute atomic E-state index is 0.255. The predicted molar refractivity (Wildman–Crippen MR) is 98.8 cm³/mol. The number of hydrogen-bond donors (Lipinski definition) is 1. The molecule has 124 valence electrons. The van der Waals surface area contributed by atoms with Crippen LogP contribution < -0.4 is 0 Å². The molecule has 24 heavy (non-hydrogen) atoms. The summed E-state index contributed by atoms with van der Waals surface area (Å²) in [4.78, 5) is 0. The number of unbranched alkanes of at least 4 members (excludes halogenated alkanes) is 1. The summed E-state index contributed by atoms with van der Waals surface area (Å²) in [6.07, 6.45) is 2.95. The lowest BCUT2D eigenvalue weighted by Crippen LogP contribution is -1.97. The van der Waals surface area contributed by atoms with Crippen molar-refractivity contribution in [1.82, 2.24) is 9.78 Å². The summed E-state index contributed by atoms with van der Waals surface area (Å²) in [5.41, 5.74) is 6.18. The molecule has 0 bridgehead atoms. The summed E-state index contributed by atoms with van der Waals surface area (Å²) in [7, 11) is 0. The number of aromatic hydroxyl groups is 1. The van der Waals surface area contributed by atoms with Gasteiger partial charge in [0, 0.05) is 11.1 Å². The Kier molecular flexibility index (Phi) is 4.70. The van der Waals surface area contributed by atoms with E-state index in [2.05, 4.69) is 32.9 Å². The van der Waals surface area contributed by atoms with Gasteiger partial charge in [-0.05, 0) is 49.9 Å². The monoisotopic (exact) mass is 320 g/mol. The number of rotatable bonds is 5. The van der Waals surface area contributed by atoms with Crippen LogP contribution in [0.1, 0.15) is 36.5 Å². The molecule has 3 nitrogen and oxygen atoms in total. The summed E-state index contributed by atoms with van der Waals surface area (Å²) in [6.45, 7) is 6.33. The molecule has 0 radical (unpaired) electrons. The van der Waals surface area contributed by atoms with Gasteiger partial charge in [0.2, 0.25) is 5.88 Å². The van der Waals surface area contributed by atoms with Gasteiger partial charge in [-0.1, -0.05) is 49.7 Å². The Morgan fingerprint density at radius 3 is 2.42 bits per heavy atom. The van der Waals surface area contributed by atoms with Crippen LogP contribution in [-0.4, -0.2) is 14.9 Å². The number of aryl methyl sites for hydroxylation is 2. The molecule has 0 unspecified atom stereocenters. The Morgan fingerprint density at radius 2 is 1.75 bits per heavy atom. The molecular weight excluding hydrogens is 296 g/mol. The van der Waals surface area contributed by atoms with E-state index < -0.39 is 0 Å². The zero-order chi connectivity index (χ0) is 17.1. The van der Waals surface area contributed by atoms with Crippen LogP contribution in [-0.2, 0) is 6.42 Å². The lowest BCUT2D eigenvalue weighted by atomic mass is 10.0. The van der Waals surface area contributed by atoms with E-state index in [1.165, 1.54) is 11.1 Å². The molecule has 0 saturated heterocycles. The highest BCUT2D eigenvalue weighted by atomic mass is 16.3. The fourth-order valence-corrected chi connectivity index (χ4v) is 2.89. The summed E-state index contributed by atoms with van der Waals surface area (Å²) in [5, 5.41) is 15.6. The average molecular weight is 320 g/mol. The highest BCUT2D eigenvalue weighted by Crippen LogP contribution is 2.33. The maximum atomic E-state index is 10.8. The molecule has 2 aromatic carbocycles. The van der Waals surface area contributed by atoms with Crippen LogP contribution in [0.5, 0.6) is 5.88 Å². The first kappa shape index (κ1) is 16.3. The van der Waals surface area contributed by atoms with E-state index in [9.17, 15) is 5.11 Å². The molecule has 3 aromatic rings. The quantitative estimate of drug-likeness (QED) is 0.701. The van der Waals surface area contributed by atoms with Crippen LogP contribution in [0.4, 0.5) is 0 Å². The van der Waals surface area contributed by atoms with Gasteiger partial charge >= 0.3 is 0 Å². The maximum Gasteiger partial charge on any atom is 0.218 e. The Bertz CT molecular complexity index is 835. The molecule has 3 rings (SSSR count). The van der Waals surface area contributed by atoms with Crippen LogP contribution in [0.25, 0.3) is 16.9 Å². The van der Waals surface area contributed by atoms with Gasteiger partial charge in [0.15, 0.2) is 0 Å². The molecule has 0 aliphatic heterocycles. The molecule has 0 aliphatic carbocycles. The number of nitrogens with zero attached hydrogens (tertiary/aromatic N) is 2. The van der Waals surface area contributed by atoms with Crippen molar-refractivity contribution >= 4 is 0 Å². The summed E-state index contributed by atoms with van der Waals surface area (Å²) in [6, 6.07) is 16.2. The minimum atomic E-state index is 0.255. The molecule has 0 amide bonds. The third-order valence-corrected chi connectivity index (χ3v) is 4.52. The van der Waals surface area contributed by atoms with Crippen LogP contribution in [0.15, 0.2) is 48.5 Å². The molecular formula is C21H24N2O. The van der Waals surface area contributed by atoms with E-state index in [4.69, 9.17) is 5.10 Å². The van der Waals surface area contributed by atoms with Gasteiger partial charge in [0.1, 0.15) is 0 Å².